The molecule has 126 valence electrons. The molecule has 1 fully saturated rings. The van der Waals surface area contributed by atoms with Crippen molar-refractivity contribution in [3.63, 3.8) is 0 Å². The van der Waals surface area contributed by atoms with Crippen LogP contribution in [0.1, 0.15) is 29.5 Å². The van der Waals surface area contributed by atoms with E-state index in [9.17, 15) is 9.18 Å². The molecule has 6 heteroatoms. The van der Waals surface area contributed by atoms with E-state index in [1.807, 2.05) is 0 Å². The number of amides is 1. The van der Waals surface area contributed by atoms with Crippen molar-refractivity contribution < 1.29 is 13.9 Å². The van der Waals surface area contributed by atoms with Crippen LogP contribution in [0, 0.1) is 12.7 Å². The second kappa shape index (κ2) is 7.49. The molecule has 0 aliphatic carbocycles. The van der Waals surface area contributed by atoms with Crippen LogP contribution < -0.4 is 0 Å². The highest BCUT2D eigenvalue weighted by molar-refractivity contribution is 5.76. The molecule has 1 aromatic carbocycles. The molecule has 2 heterocycles. The summed E-state index contributed by atoms with van der Waals surface area (Å²) in [4.78, 5) is 22.5. The third-order valence-corrected chi connectivity index (χ3v) is 4.15. The van der Waals surface area contributed by atoms with E-state index in [1.165, 1.54) is 6.07 Å². The lowest BCUT2D eigenvalue weighted by molar-refractivity contribution is -0.139. The highest BCUT2D eigenvalue weighted by Crippen LogP contribution is 2.24. The molecule has 24 heavy (non-hydrogen) atoms. The number of nitrogens with zero attached hydrogens (tertiary/aromatic N) is 3. The van der Waals surface area contributed by atoms with Crippen molar-refractivity contribution in [1.82, 2.24) is 14.9 Å². The molecule has 1 aliphatic heterocycles. The van der Waals surface area contributed by atoms with E-state index in [4.69, 9.17) is 4.74 Å². The van der Waals surface area contributed by atoms with Gasteiger partial charge in [-0.3, -0.25) is 4.79 Å². The zero-order chi connectivity index (χ0) is 16.9. The van der Waals surface area contributed by atoms with Crippen LogP contribution in [0.15, 0.2) is 36.7 Å². The highest BCUT2D eigenvalue weighted by Gasteiger charge is 2.25. The number of carbonyl (C=O) groups is 1. The summed E-state index contributed by atoms with van der Waals surface area (Å²) in [7, 11) is 0. The average Bonchev–Trinajstić information content (AvgIpc) is 2.63. The molecule has 0 bridgehead atoms. The molecule has 1 aliphatic rings. The van der Waals surface area contributed by atoms with Crippen LogP contribution in [-0.2, 0) is 16.0 Å². The Balaban J connectivity index is 1.60. The highest BCUT2D eigenvalue weighted by atomic mass is 19.1. The Labute approximate surface area is 140 Å². The molecule has 1 atom stereocenters. The van der Waals surface area contributed by atoms with E-state index < -0.39 is 0 Å². The van der Waals surface area contributed by atoms with E-state index in [-0.39, 0.29) is 17.8 Å². The summed E-state index contributed by atoms with van der Waals surface area (Å²) in [5, 5.41) is 0. The normalized spacial score (nSPS) is 17.8. The van der Waals surface area contributed by atoms with Crippen molar-refractivity contribution in [2.45, 2.75) is 25.9 Å². The molecule has 0 saturated carbocycles. The van der Waals surface area contributed by atoms with Crippen LogP contribution in [0.4, 0.5) is 4.39 Å². The van der Waals surface area contributed by atoms with E-state index in [1.54, 1.807) is 42.4 Å². The first-order valence-electron chi connectivity index (χ1n) is 8.05. The van der Waals surface area contributed by atoms with Crippen LogP contribution in [0.25, 0.3) is 0 Å². The lowest BCUT2D eigenvalue weighted by Gasteiger charge is -2.33. The third-order valence-electron chi connectivity index (χ3n) is 4.15. The number of hydrogen-bond acceptors (Lipinski definition) is 4. The summed E-state index contributed by atoms with van der Waals surface area (Å²) < 4.78 is 19.2. The van der Waals surface area contributed by atoms with Gasteiger partial charge in [0.2, 0.25) is 5.91 Å². The average molecular weight is 329 g/mol. The predicted molar refractivity (Wildman–Crippen MR) is 86.8 cm³/mol. The van der Waals surface area contributed by atoms with Gasteiger partial charge in [0.1, 0.15) is 17.7 Å². The molecule has 0 spiro atoms. The first-order chi connectivity index (χ1) is 11.6. The largest absolute Gasteiger partial charge is 0.370 e. The Morgan fingerprint density at radius 3 is 2.92 bits per heavy atom. The van der Waals surface area contributed by atoms with Gasteiger partial charge in [-0.25, -0.2) is 14.4 Å². The molecule has 1 amide bonds. The van der Waals surface area contributed by atoms with Crippen molar-refractivity contribution in [3.05, 3.63) is 59.4 Å². The molecule has 1 saturated heterocycles. The fraction of sp³-hybridized carbons (Fsp3) is 0.389. The number of halogens is 1. The lowest BCUT2D eigenvalue weighted by Crippen LogP contribution is -2.42. The molecule has 1 unspecified atom stereocenters. The first-order valence-corrected chi connectivity index (χ1v) is 8.05. The second-order valence-corrected chi connectivity index (χ2v) is 5.87. The molecule has 2 aromatic rings. The number of aryl methyl sites for hydroxylation is 2. The monoisotopic (exact) mass is 329 g/mol. The van der Waals surface area contributed by atoms with Crippen LogP contribution in [0.3, 0.4) is 0 Å². The summed E-state index contributed by atoms with van der Waals surface area (Å²) in [6.07, 6.45) is 4.04. The fourth-order valence-corrected chi connectivity index (χ4v) is 2.78. The smallest absolute Gasteiger partial charge is 0.223 e. The molecule has 3 rings (SSSR count). The van der Waals surface area contributed by atoms with Crippen molar-refractivity contribution in [2.75, 3.05) is 19.7 Å². The maximum Gasteiger partial charge on any atom is 0.223 e. The van der Waals surface area contributed by atoms with Gasteiger partial charge in [0.15, 0.2) is 0 Å². The molecule has 0 radical (unpaired) electrons. The van der Waals surface area contributed by atoms with Gasteiger partial charge in [-0.05, 0) is 30.2 Å². The van der Waals surface area contributed by atoms with Gasteiger partial charge in [0.05, 0.1) is 13.2 Å². The number of carbonyl (C=O) groups excluding carboxylic acids is 1. The van der Waals surface area contributed by atoms with Crippen molar-refractivity contribution >= 4 is 5.91 Å². The van der Waals surface area contributed by atoms with Gasteiger partial charge in [-0.2, -0.15) is 0 Å². The Morgan fingerprint density at radius 1 is 1.38 bits per heavy atom. The number of morpholine rings is 1. The Kier molecular flexibility index (Phi) is 5.15. The Hall–Kier alpha value is -2.34. The molecule has 5 nitrogen and oxygen atoms in total. The van der Waals surface area contributed by atoms with Gasteiger partial charge in [-0.1, -0.05) is 12.1 Å². The number of rotatable bonds is 4. The third kappa shape index (κ3) is 3.94. The van der Waals surface area contributed by atoms with Gasteiger partial charge in [0.25, 0.3) is 0 Å². The number of hydrogen-bond donors (Lipinski definition) is 0. The maximum atomic E-state index is 13.4. The van der Waals surface area contributed by atoms with Crippen molar-refractivity contribution in [2.24, 2.45) is 0 Å². The Morgan fingerprint density at radius 2 is 2.17 bits per heavy atom. The second-order valence-electron chi connectivity index (χ2n) is 5.87. The topological polar surface area (TPSA) is 55.3 Å². The number of ether oxygens (including phenoxy) is 1. The van der Waals surface area contributed by atoms with Crippen LogP contribution in [0.5, 0.6) is 0 Å². The lowest BCUT2D eigenvalue weighted by atomic mass is 10.0. The van der Waals surface area contributed by atoms with Gasteiger partial charge in [-0.15, -0.1) is 0 Å². The van der Waals surface area contributed by atoms with Gasteiger partial charge in [0, 0.05) is 31.8 Å². The fourth-order valence-electron chi connectivity index (χ4n) is 2.78. The van der Waals surface area contributed by atoms with Gasteiger partial charge < -0.3 is 9.64 Å². The van der Waals surface area contributed by atoms with E-state index >= 15 is 0 Å². The van der Waals surface area contributed by atoms with Crippen LogP contribution in [0.2, 0.25) is 0 Å². The zero-order valence-electron chi connectivity index (χ0n) is 13.6. The van der Waals surface area contributed by atoms with Gasteiger partial charge >= 0.3 is 0 Å². The zero-order valence-corrected chi connectivity index (χ0v) is 13.6. The summed E-state index contributed by atoms with van der Waals surface area (Å²) in [6, 6.07) is 6.70. The maximum absolute atomic E-state index is 13.4. The molecule has 0 N–H and O–H groups in total. The number of benzene rings is 1. The minimum absolute atomic E-state index is 0.0644. The van der Waals surface area contributed by atoms with Crippen LogP contribution in [-0.4, -0.2) is 40.5 Å². The van der Waals surface area contributed by atoms with Crippen LogP contribution >= 0.6 is 0 Å². The SMILES string of the molecule is Cc1cc(C2CN(C(=O)CCc3ncccn3)CCO2)ccc1F. The Bertz CT molecular complexity index is 709. The summed E-state index contributed by atoms with van der Waals surface area (Å²) in [5.41, 5.74) is 1.48. The van der Waals surface area contributed by atoms with E-state index in [0.717, 1.165) is 5.56 Å². The molecular weight excluding hydrogens is 309 g/mol. The standard InChI is InChI=1S/C18H20FN3O2/c1-13-11-14(3-4-15(13)19)16-12-22(9-10-24-16)18(23)6-5-17-20-7-2-8-21-17/h2-4,7-8,11,16H,5-6,9-10,12H2,1H3. The van der Waals surface area contributed by atoms with E-state index in [0.29, 0.717) is 43.9 Å². The summed E-state index contributed by atoms with van der Waals surface area (Å²) >= 11 is 0. The van der Waals surface area contributed by atoms with Crippen molar-refractivity contribution in [3.8, 4) is 0 Å². The number of aromatic nitrogens is 2. The summed E-state index contributed by atoms with van der Waals surface area (Å²) in [6.45, 7) is 3.27. The first kappa shape index (κ1) is 16.5. The minimum Gasteiger partial charge on any atom is -0.370 e. The minimum atomic E-state index is -0.231. The van der Waals surface area contributed by atoms with E-state index in [2.05, 4.69) is 9.97 Å². The summed E-state index contributed by atoms with van der Waals surface area (Å²) in [5.74, 6) is 0.504. The quantitative estimate of drug-likeness (QED) is 0.865. The van der Waals surface area contributed by atoms with Crippen molar-refractivity contribution in [1.29, 1.82) is 0 Å². The predicted octanol–water partition coefficient (Wildman–Crippen LogP) is 2.46. The molecule has 1 aromatic heterocycles. The molecular formula is C18H20FN3O2.